The first kappa shape index (κ1) is 15.1. The van der Waals surface area contributed by atoms with Gasteiger partial charge in [0.15, 0.2) is 0 Å². The average molecular weight is 306 g/mol. The van der Waals surface area contributed by atoms with Crippen molar-refractivity contribution in [1.82, 2.24) is 5.32 Å². The first-order valence-electron chi connectivity index (χ1n) is 7.79. The Labute approximate surface area is 135 Å². The van der Waals surface area contributed by atoms with Crippen LogP contribution in [0.15, 0.2) is 42.5 Å². The minimum atomic E-state index is -0.150. The highest BCUT2D eigenvalue weighted by molar-refractivity contribution is 5.94. The molecule has 4 heteroatoms. The molecule has 1 aliphatic heterocycles. The number of nitriles is 1. The van der Waals surface area contributed by atoms with E-state index in [1.54, 1.807) is 24.3 Å². The van der Waals surface area contributed by atoms with Crippen LogP contribution in [0.25, 0.3) is 0 Å². The van der Waals surface area contributed by atoms with Gasteiger partial charge in [0.25, 0.3) is 5.91 Å². The Morgan fingerprint density at radius 3 is 3.04 bits per heavy atom. The molecule has 1 N–H and O–H groups in total. The fourth-order valence-electron chi connectivity index (χ4n) is 2.72. The maximum Gasteiger partial charge on any atom is 0.251 e. The van der Waals surface area contributed by atoms with Crippen LogP contribution < -0.4 is 10.1 Å². The highest BCUT2D eigenvalue weighted by atomic mass is 16.5. The molecule has 0 aliphatic carbocycles. The summed E-state index contributed by atoms with van der Waals surface area (Å²) in [5.74, 6) is 0.834. The molecular formula is C19H18N2O2. The van der Waals surface area contributed by atoms with Gasteiger partial charge in [-0.2, -0.15) is 5.26 Å². The van der Waals surface area contributed by atoms with E-state index in [2.05, 4.69) is 11.4 Å². The second kappa shape index (κ2) is 6.97. The fraction of sp³-hybridized carbons (Fsp3) is 0.263. The highest BCUT2D eigenvalue weighted by Crippen LogP contribution is 2.25. The topological polar surface area (TPSA) is 62.1 Å². The van der Waals surface area contributed by atoms with E-state index in [4.69, 9.17) is 10.00 Å². The molecule has 23 heavy (non-hydrogen) atoms. The Balaban J connectivity index is 1.57. The van der Waals surface area contributed by atoms with Crippen molar-refractivity contribution in [2.45, 2.75) is 19.3 Å². The summed E-state index contributed by atoms with van der Waals surface area (Å²) in [5.41, 5.74) is 3.46. The number of nitrogens with one attached hydrogen (secondary N) is 1. The predicted molar refractivity (Wildman–Crippen MR) is 87.5 cm³/mol. The van der Waals surface area contributed by atoms with Crippen molar-refractivity contribution in [2.24, 2.45) is 0 Å². The van der Waals surface area contributed by atoms with E-state index >= 15 is 0 Å². The van der Waals surface area contributed by atoms with Crippen LogP contribution in [0.1, 0.15) is 33.5 Å². The lowest BCUT2D eigenvalue weighted by Gasteiger charge is -2.18. The van der Waals surface area contributed by atoms with Crippen LogP contribution in [-0.4, -0.2) is 19.1 Å². The summed E-state index contributed by atoms with van der Waals surface area (Å²) < 4.78 is 5.60. The molecule has 0 aromatic heterocycles. The van der Waals surface area contributed by atoms with Crippen molar-refractivity contribution < 1.29 is 9.53 Å². The van der Waals surface area contributed by atoms with Crippen LogP contribution >= 0.6 is 0 Å². The number of fused-ring (bicyclic) bond motifs is 1. The molecule has 0 saturated carbocycles. The summed E-state index contributed by atoms with van der Waals surface area (Å²) >= 11 is 0. The zero-order valence-corrected chi connectivity index (χ0v) is 12.8. The van der Waals surface area contributed by atoms with Gasteiger partial charge in [0.05, 0.1) is 18.2 Å². The molecule has 3 rings (SSSR count). The van der Waals surface area contributed by atoms with Crippen molar-refractivity contribution >= 4 is 5.91 Å². The summed E-state index contributed by atoms with van der Waals surface area (Å²) in [6, 6.07) is 15.0. The van der Waals surface area contributed by atoms with E-state index in [9.17, 15) is 4.79 Å². The third kappa shape index (κ3) is 3.70. The van der Waals surface area contributed by atoms with E-state index in [0.717, 1.165) is 31.6 Å². The number of rotatable bonds is 4. The number of nitrogens with zero attached hydrogens (tertiary/aromatic N) is 1. The fourth-order valence-corrected chi connectivity index (χ4v) is 2.72. The van der Waals surface area contributed by atoms with E-state index in [1.165, 1.54) is 11.1 Å². The summed E-state index contributed by atoms with van der Waals surface area (Å²) in [7, 11) is 0. The van der Waals surface area contributed by atoms with Crippen molar-refractivity contribution in [3.05, 3.63) is 64.7 Å². The van der Waals surface area contributed by atoms with Crippen LogP contribution in [0.2, 0.25) is 0 Å². The third-order valence-electron chi connectivity index (χ3n) is 3.93. The summed E-state index contributed by atoms with van der Waals surface area (Å²) in [6.45, 7) is 1.36. The first-order valence-corrected chi connectivity index (χ1v) is 7.79. The third-order valence-corrected chi connectivity index (χ3v) is 3.93. The molecule has 4 nitrogen and oxygen atoms in total. The number of carbonyl (C=O) groups excluding carboxylic acids is 1. The summed E-state index contributed by atoms with van der Waals surface area (Å²) in [5, 5.41) is 11.8. The van der Waals surface area contributed by atoms with E-state index in [1.807, 2.05) is 18.2 Å². The molecule has 0 unspecified atom stereocenters. The quantitative estimate of drug-likeness (QED) is 0.944. The maximum absolute atomic E-state index is 12.1. The van der Waals surface area contributed by atoms with E-state index < -0.39 is 0 Å². The number of ether oxygens (including phenoxy) is 1. The number of aryl methyl sites for hydroxylation is 1. The second-order valence-electron chi connectivity index (χ2n) is 5.59. The van der Waals surface area contributed by atoms with E-state index in [-0.39, 0.29) is 5.91 Å². The van der Waals surface area contributed by atoms with Crippen LogP contribution in [0.4, 0.5) is 0 Å². The molecule has 0 saturated heterocycles. The highest BCUT2D eigenvalue weighted by Gasteiger charge is 2.11. The number of hydrogen-bond acceptors (Lipinski definition) is 3. The van der Waals surface area contributed by atoms with Gasteiger partial charge in [0.1, 0.15) is 5.75 Å². The second-order valence-corrected chi connectivity index (χ2v) is 5.59. The van der Waals surface area contributed by atoms with Gasteiger partial charge in [0, 0.05) is 12.1 Å². The normalized spacial score (nSPS) is 12.7. The molecule has 0 fully saturated rings. The monoisotopic (exact) mass is 306 g/mol. The number of benzene rings is 2. The molecule has 1 aliphatic rings. The van der Waals surface area contributed by atoms with Gasteiger partial charge in [0.2, 0.25) is 0 Å². The molecule has 0 radical (unpaired) electrons. The summed E-state index contributed by atoms with van der Waals surface area (Å²) in [6.07, 6.45) is 2.88. The van der Waals surface area contributed by atoms with Crippen LogP contribution in [-0.2, 0) is 12.8 Å². The Kier molecular flexibility index (Phi) is 4.58. The van der Waals surface area contributed by atoms with Gasteiger partial charge in [-0.3, -0.25) is 4.79 Å². The summed E-state index contributed by atoms with van der Waals surface area (Å²) in [4.78, 5) is 12.1. The maximum atomic E-state index is 12.1. The van der Waals surface area contributed by atoms with Gasteiger partial charge >= 0.3 is 0 Å². The Hall–Kier alpha value is -2.80. The van der Waals surface area contributed by atoms with Crippen LogP contribution in [0.5, 0.6) is 5.75 Å². The SMILES string of the molecule is N#Cc1cccc(C(=O)NCCc2ccc3c(c2)CCCO3)c1. The molecule has 0 atom stereocenters. The van der Waals surface area contributed by atoms with E-state index in [0.29, 0.717) is 17.7 Å². The Morgan fingerprint density at radius 1 is 1.26 bits per heavy atom. The molecule has 0 bridgehead atoms. The molecular weight excluding hydrogens is 288 g/mol. The number of amides is 1. The number of carbonyl (C=O) groups is 1. The zero-order chi connectivity index (χ0) is 16.1. The van der Waals surface area contributed by atoms with Crippen molar-refractivity contribution in [2.75, 3.05) is 13.2 Å². The van der Waals surface area contributed by atoms with Crippen molar-refractivity contribution in [3.63, 3.8) is 0 Å². The Bertz CT molecular complexity index is 762. The van der Waals surface area contributed by atoms with Crippen molar-refractivity contribution in [3.8, 4) is 11.8 Å². The minimum absolute atomic E-state index is 0.150. The molecule has 1 heterocycles. The number of hydrogen-bond donors (Lipinski definition) is 1. The van der Waals surface area contributed by atoms with Gasteiger partial charge in [-0.1, -0.05) is 18.2 Å². The standard InChI is InChI=1S/C19H18N2O2/c20-13-15-3-1-4-17(12-15)19(22)21-9-8-14-6-7-18-16(11-14)5-2-10-23-18/h1,3-4,6-7,11-12H,2,5,8-10H2,(H,21,22). The first-order chi connectivity index (χ1) is 11.3. The predicted octanol–water partition coefficient (Wildman–Crippen LogP) is 2.86. The lowest BCUT2D eigenvalue weighted by molar-refractivity contribution is 0.0954. The molecule has 1 amide bonds. The molecule has 116 valence electrons. The van der Waals surface area contributed by atoms with Gasteiger partial charge in [-0.05, 0) is 54.7 Å². The average Bonchev–Trinajstić information content (AvgIpc) is 2.61. The molecule has 2 aromatic carbocycles. The van der Waals surface area contributed by atoms with Gasteiger partial charge in [-0.15, -0.1) is 0 Å². The van der Waals surface area contributed by atoms with Gasteiger partial charge < -0.3 is 10.1 Å². The minimum Gasteiger partial charge on any atom is -0.493 e. The lowest BCUT2D eigenvalue weighted by Crippen LogP contribution is -2.25. The zero-order valence-electron chi connectivity index (χ0n) is 12.8. The largest absolute Gasteiger partial charge is 0.493 e. The van der Waals surface area contributed by atoms with Crippen molar-refractivity contribution in [1.29, 1.82) is 5.26 Å². The lowest BCUT2D eigenvalue weighted by atomic mass is 10.0. The van der Waals surface area contributed by atoms with Crippen LogP contribution in [0.3, 0.4) is 0 Å². The molecule has 0 spiro atoms. The smallest absolute Gasteiger partial charge is 0.251 e. The van der Waals surface area contributed by atoms with Gasteiger partial charge in [-0.25, -0.2) is 0 Å². The Morgan fingerprint density at radius 2 is 2.17 bits per heavy atom. The van der Waals surface area contributed by atoms with Crippen LogP contribution in [0, 0.1) is 11.3 Å². The molecule has 2 aromatic rings.